The molecule has 2 heterocycles. The minimum Gasteiger partial charge on any atom is -0.379 e. The van der Waals surface area contributed by atoms with Crippen LogP contribution < -0.4 is 5.32 Å². The number of rotatable bonds is 6. The lowest BCUT2D eigenvalue weighted by molar-refractivity contribution is 0.0729. The van der Waals surface area contributed by atoms with E-state index < -0.39 is 26.6 Å². The van der Waals surface area contributed by atoms with Gasteiger partial charge in [0.05, 0.1) is 31.0 Å². The van der Waals surface area contributed by atoms with Gasteiger partial charge in [-0.15, -0.1) is 0 Å². The van der Waals surface area contributed by atoms with Crippen LogP contribution in [-0.4, -0.2) is 54.7 Å². The third-order valence-electron chi connectivity index (χ3n) is 5.24. The molecule has 2 aromatic carbocycles. The highest BCUT2D eigenvalue weighted by molar-refractivity contribution is 7.89. The summed E-state index contributed by atoms with van der Waals surface area (Å²) in [5.41, 5.74) is 1.66. The molecule has 1 aliphatic heterocycles. The van der Waals surface area contributed by atoms with Gasteiger partial charge in [-0.2, -0.15) is 9.40 Å². The van der Waals surface area contributed by atoms with Crippen molar-refractivity contribution in [1.82, 2.24) is 14.1 Å². The summed E-state index contributed by atoms with van der Waals surface area (Å²) in [6.07, 6.45) is 0. The topological polar surface area (TPSA) is 93.5 Å². The fourth-order valence-electron chi connectivity index (χ4n) is 3.57. The van der Waals surface area contributed by atoms with E-state index in [-0.39, 0.29) is 42.7 Å². The number of carbonyl (C=O) groups excluding carboxylic acids is 1. The second-order valence-electron chi connectivity index (χ2n) is 7.51. The number of hydrogen-bond acceptors (Lipinski definition) is 5. The second-order valence-corrected chi connectivity index (χ2v) is 9.77. The third-order valence-corrected chi connectivity index (χ3v) is 7.54. The second kappa shape index (κ2) is 9.60. The average Bonchev–Trinajstić information content (AvgIpc) is 3.09. The fourth-order valence-corrected chi connectivity index (χ4v) is 5.39. The Bertz CT molecular complexity index is 1280. The lowest BCUT2D eigenvalue weighted by atomic mass is 10.2. The molecule has 0 spiro atoms. The largest absolute Gasteiger partial charge is 0.379 e. The molecular weight excluding hydrogens is 471 g/mol. The number of aromatic nitrogens is 2. The summed E-state index contributed by atoms with van der Waals surface area (Å²) >= 11 is 6.44. The first-order valence-electron chi connectivity index (χ1n) is 10.2. The van der Waals surface area contributed by atoms with Crippen molar-refractivity contribution in [2.75, 3.05) is 31.6 Å². The van der Waals surface area contributed by atoms with Crippen LogP contribution in [0, 0.1) is 12.7 Å². The monoisotopic (exact) mass is 492 g/mol. The summed E-state index contributed by atoms with van der Waals surface area (Å²) in [6.45, 7) is 2.78. The first-order valence-corrected chi connectivity index (χ1v) is 12.0. The Balaban J connectivity index is 1.57. The van der Waals surface area contributed by atoms with Gasteiger partial charge in [-0.3, -0.25) is 4.79 Å². The maximum Gasteiger partial charge on any atom is 0.260 e. The van der Waals surface area contributed by atoms with Gasteiger partial charge in [0.1, 0.15) is 15.9 Å². The average molecular weight is 493 g/mol. The van der Waals surface area contributed by atoms with E-state index in [0.717, 1.165) is 22.0 Å². The van der Waals surface area contributed by atoms with Crippen molar-refractivity contribution in [3.63, 3.8) is 0 Å². The van der Waals surface area contributed by atoms with Crippen molar-refractivity contribution in [2.24, 2.45) is 0 Å². The van der Waals surface area contributed by atoms with Crippen LogP contribution >= 0.6 is 11.6 Å². The standard InChI is InChI=1S/C22H22ClFN4O4S/c1-15-20(21(23)28(26-15)14-16-5-3-2-4-6-16)22(29)25-17-7-8-18(24)19(13-17)33(30,31)27-9-11-32-12-10-27/h2-8,13H,9-12,14H2,1H3,(H,25,29). The highest BCUT2D eigenvalue weighted by Gasteiger charge is 2.29. The maximum atomic E-state index is 14.4. The molecule has 0 unspecified atom stereocenters. The van der Waals surface area contributed by atoms with E-state index in [2.05, 4.69) is 10.4 Å². The molecule has 33 heavy (non-hydrogen) atoms. The minimum absolute atomic E-state index is 0.125. The van der Waals surface area contributed by atoms with Gasteiger partial charge in [0.2, 0.25) is 10.0 Å². The maximum absolute atomic E-state index is 14.4. The van der Waals surface area contributed by atoms with Gasteiger partial charge in [-0.05, 0) is 30.7 Å². The number of aryl methyl sites for hydroxylation is 1. The fraction of sp³-hybridized carbons (Fsp3) is 0.273. The lowest BCUT2D eigenvalue weighted by Gasteiger charge is -2.26. The van der Waals surface area contributed by atoms with E-state index in [4.69, 9.17) is 16.3 Å². The summed E-state index contributed by atoms with van der Waals surface area (Å²) in [7, 11) is -4.08. The molecule has 0 radical (unpaired) electrons. The van der Waals surface area contributed by atoms with Gasteiger partial charge >= 0.3 is 0 Å². The SMILES string of the molecule is Cc1nn(Cc2ccccc2)c(Cl)c1C(=O)Nc1ccc(F)c(S(=O)(=O)N2CCOCC2)c1. The molecule has 11 heteroatoms. The molecule has 3 aromatic rings. The van der Waals surface area contributed by atoms with Crippen LogP contribution in [0.3, 0.4) is 0 Å². The van der Waals surface area contributed by atoms with Crippen molar-refractivity contribution < 1.29 is 22.3 Å². The Morgan fingerprint density at radius 3 is 2.58 bits per heavy atom. The molecular formula is C22H22ClFN4O4S. The van der Waals surface area contributed by atoms with Gasteiger partial charge in [0, 0.05) is 18.8 Å². The number of hydrogen-bond donors (Lipinski definition) is 1. The zero-order chi connectivity index (χ0) is 23.6. The van der Waals surface area contributed by atoms with Gasteiger partial charge in [0.25, 0.3) is 5.91 Å². The zero-order valence-corrected chi connectivity index (χ0v) is 19.4. The smallest absolute Gasteiger partial charge is 0.260 e. The molecule has 1 amide bonds. The van der Waals surface area contributed by atoms with Crippen molar-refractivity contribution in [2.45, 2.75) is 18.4 Å². The van der Waals surface area contributed by atoms with Gasteiger partial charge in [0.15, 0.2) is 0 Å². The lowest BCUT2D eigenvalue weighted by Crippen LogP contribution is -2.40. The summed E-state index contributed by atoms with van der Waals surface area (Å²) in [5, 5.41) is 7.11. The molecule has 1 aliphatic rings. The first kappa shape index (κ1) is 23.4. The predicted molar refractivity (Wildman–Crippen MR) is 121 cm³/mol. The number of benzene rings is 2. The molecule has 0 saturated carbocycles. The first-order chi connectivity index (χ1) is 15.8. The molecule has 0 atom stereocenters. The van der Waals surface area contributed by atoms with Crippen LogP contribution in [0.4, 0.5) is 10.1 Å². The molecule has 0 bridgehead atoms. The highest BCUT2D eigenvalue weighted by atomic mass is 35.5. The van der Waals surface area contributed by atoms with Crippen molar-refractivity contribution in [1.29, 1.82) is 0 Å². The normalized spacial score (nSPS) is 14.9. The molecule has 1 fully saturated rings. The van der Waals surface area contributed by atoms with Gasteiger partial charge < -0.3 is 10.1 Å². The van der Waals surface area contributed by atoms with E-state index in [1.165, 1.54) is 10.7 Å². The summed E-state index contributed by atoms with van der Waals surface area (Å²) in [4.78, 5) is 12.4. The number of ether oxygens (including phenoxy) is 1. The molecule has 1 N–H and O–H groups in total. The zero-order valence-electron chi connectivity index (χ0n) is 17.8. The number of carbonyl (C=O) groups is 1. The Morgan fingerprint density at radius 1 is 1.18 bits per heavy atom. The Hall–Kier alpha value is -2.79. The molecule has 174 valence electrons. The summed E-state index contributed by atoms with van der Waals surface area (Å²) < 4.78 is 48.1. The van der Waals surface area contributed by atoms with Crippen LogP contribution in [0.1, 0.15) is 21.6 Å². The number of nitrogens with one attached hydrogen (secondary N) is 1. The van der Waals surface area contributed by atoms with Crippen LogP contribution in [0.15, 0.2) is 53.4 Å². The molecule has 1 aromatic heterocycles. The predicted octanol–water partition coefficient (Wildman–Crippen LogP) is 3.31. The van der Waals surface area contributed by atoms with Crippen molar-refractivity contribution >= 4 is 33.2 Å². The third kappa shape index (κ3) is 4.93. The van der Waals surface area contributed by atoms with Crippen LogP contribution in [0.5, 0.6) is 0 Å². The Labute approximate surface area is 196 Å². The molecule has 8 nitrogen and oxygen atoms in total. The summed E-state index contributed by atoms with van der Waals surface area (Å²) in [6, 6.07) is 12.9. The van der Waals surface area contributed by atoms with Gasteiger partial charge in [-0.1, -0.05) is 41.9 Å². The van der Waals surface area contributed by atoms with Crippen LogP contribution in [0.2, 0.25) is 5.15 Å². The quantitative estimate of drug-likeness (QED) is 0.570. The van der Waals surface area contributed by atoms with Gasteiger partial charge in [-0.25, -0.2) is 17.5 Å². The Morgan fingerprint density at radius 2 is 1.88 bits per heavy atom. The summed E-state index contributed by atoms with van der Waals surface area (Å²) in [5.74, 6) is -1.47. The van der Waals surface area contributed by atoms with Crippen LogP contribution in [0.25, 0.3) is 0 Å². The van der Waals surface area contributed by atoms with Crippen molar-refractivity contribution in [3.05, 3.63) is 76.3 Å². The highest BCUT2D eigenvalue weighted by Crippen LogP contribution is 2.26. The van der Waals surface area contributed by atoms with E-state index >= 15 is 0 Å². The molecule has 0 aliphatic carbocycles. The number of halogens is 2. The Kier molecular flexibility index (Phi) is 6.80. The van der Waals surface area contributed by atoms with Crippen molar-refractivity contribution in [3.8, 4) is 0 Å². The van der Waals surface area contributed by atoms with Crippen LogP contribution in [-0.2, 0) is 21.3 Å². The van der Waals surface area contributed by atoms with E-state index in [9.17, 15) is 17.6 Å². The number of amides is 1. The molecule has 4 rings (SSSR count). The van der Waals surface area contributed by atoms with E-state index in [0.29, 0.717) is 12.2 Å². The number of sulfonamides is 1. The number of morpholine rings is 1. The number of anilines is 1. The van der Waals surface area contributed by atoms with E-state index in [1.807, 2.05) is 30.3 Å². The molecule has 1 saturated heterocycles. The minimum atomic E-state index is -4.08. The number of nitrogens with zero attached hydrogens (tertiary/aromatic N) is 3. The van der Waals surface area contributed by atoms with E-state index in [1.54, 1.807) is 6.92 Å².